The summed E-state index contributed by atoms with van der Waals surface area (Å²) in [7, 11) is 0. The van der Waals surface area contributed by atoms with Gasteiger partial charge < -0.3 is 5.32 Å². The van der Waals surface area contributed by atoms with Gasteiger partial charge in [0, 0.05) is 12.5 Å². The van der Waals surface area contributed by atoms with E-state index in [1.807, 2.05) is 25.1 Å². The van der Waals surface area contributed by atoms with Gasteiger partial charge in [0.25, 0.3) is 0 Å². The Morgan fingerprint density at radius 2 is 2.04 bits per heavy atom. The first-order valence-corrected chi connectivity index (χ1v) is 8.62. The predicted octanol–water partition coefficient (Wildman–Crippen LogP) is 1.68. The summed E-state index contributed by atoms with van der Waals surface area (Å²) < 4.78 is 0. The standard InChI is InChI=1S/C18H25N5O/c1-14-20-17(22-21-14)13-23-11-8-16(9-12-23)18(24)19-10-7-15-5-3-2-4-6-15/h2-6,16H,7-13H2,1H3,(H,19,24)(H,20,21,22). The lowest BCUT2D eigenvalue weighted by Gasteiger charge is -2.30. The van der Waals surface area contributed by atoms with Crippen LogP contribution in [0.2, 0.25) is 0 Å². The number of aromatic amines is 1. The molecule has 2 N–H and O–H groups in total. The van der Waals surface area contributed by atoms with E-state index in [2.05, 4.69) is 37.5 Å². The minimum absolute atomic E-state index is 0.130. The first kappa shape index (κ1) is 16.6. The first-order chi connectivity index (χ1) is 11.7. The van der Waals surface area contributed by atoms with Crippen molar-refractivity contribution >= 4 is 5.91 Å². The normalized spacial score (nSPS) is 16.2. The summed E-state index contributed by atoms with van der Waals surface area (Å²) in [5.41, 5.74) is 1.26. The monoisotopic (exact) mass is 327 g/mol. The Morgan fingerprint density at radius 1 is 1.29 bits per heavy atom. The van der Waals surface area contributed by atoms with E-state index in [1.54, 1.807) is 0 Å². The van der Waals surface area contributed by atoms with Crippen LogP contribution in [0.4, 0.5) is 0 Å². The fourth-order valence-electron chi connectivity index (χ4n) is 3.13. The van der Waals surface area contributed by atoms with Crippen LogP contribution in [0.5, 0.6) is 0 Å². The summed E-state index contributed by atoms with van der Waals surface area (Å²) in [5, 5.41) is 10.1. The van der Waals surface area contributed by atoms with Crippen molar-refractivity contribution in [2.45, 2.75) is 32.7 Å². The molecule has 1 fully saturated rings. The second kappa shape index (κ2) is 8.06. The summed E-state index contributed by atoms with van der Waals surface area (Å²) in [5.74, 6) is 2.00. The lowest BCUT2D eigenvalue weighted by molar-refractivity contribution is -0.126. The Balaban J connectivity index is 1.37. The van der Waals surface area contributed by atoms with Crippen LogP contribution >= 0.6 is 0 Å². The number of nitrogens with one attached hydrogen (secondary N) is 2. The topological polar surface area (TPSA) is 73.9 Å². The van der Waals surface area contributed by atoms with Crippen molar-refractivity contribution in [3.63, 3.8) is 0 Å². The third-order valence-corrected chi connectivity index (χ3v) is 4.52. The maximum Gasteiger partial charge on any atom is 0.223 e. The van der Waals surface area contributed by atoms with Crippen molar-refractivity contribution in [2.24, 2.45) is 5.92 Å². The van der Waals surface area contributed by atoms with E-state index in [0.29, 0.717) is 6.54 Å². The smallest absolute Gasteiger partial charge is 0.223 e. The van der Waals surface area contributed by atoms with Crippen LogP contribution in [0.25, 0.3) is 0 Å². The van der Waals surface area contributed by atoms with Gasteiger partial charge in [-0.05, 0) is 44.8 Å². The highest BCUT2D eigenvalue weighted by atomic mass is 16.1. The Morgan fingerprint density at radius 3 is 2.71 bits per heavy atom. The van der Waals surface area contributed by atoms with Gasteiger partial charge in [-0.15, -0.1) is 0 Å². The van der Waals surface area contributed by atoms with Crippen molar-refractivity contribution in [3.8, 4) is 0 Å². The predicted molar refractivity (Wildman–Crippen MR) is 92.3 cm³/mol. The molecular weight excluding hydrogens is 302 g/mol. The minimum Gasteiger partial charge on any atom is -0.356 e. The van der Waals surface area contributed by atoms with Crippen molar-refractivity contribution in [1.82, 2.24) is 25.4 Å². The number of benzene rings is 1. The maximum atomic E-state index is 12.3. The number of amides is 1. The molecule has 1 aromatic heterocycles. The van der Waals surface area contributed by atoms with Crippen molar-refractivity contribution in [2.75, 3.05) is 19.6 Å². The molecule has 0 aliphatic carbocycles. The average Bonchev–Trinajstić information content (AvgIpc) is 3.01. The summed E-state index contributed by atoms with van der Waals surface area (Å²) in [6, 6.07) is 10.3. The zero-order valence-electron chi connectivity index (χ0n) is 14.2. The number of carbonyl (C=O) groups excluding carboxylic acids is 1. The van der Waals surface area contributed by atoms with Crippen LogP contribution < -0.4 is 5.32 Å². The van der Waals surface area contributed by atoms with Gasteiger partial charge in [-0.1, -0.05) is 30.3 Å². The van der Waals surface area contributed by atoms with Crippen LogP contribution in [0.3, 0.4) is 0 Å². The molecule has 3 rings (SSSR count). The second-order valence-corrected chi connectivity index (χ2v) is 6.41. The molecule has 128 valence electrons. The van der Waals surface area contributed by atoms with E-state index < -0.39 is 0 Å². The van der Waals surface area contributed by atoms with Crippen LogP contribution in [0, 0.1) is 12.8 Å². The number of carbonyl (C=O) groups is 1. The molecule has 1 aliphatic rings. The molecule has 1 amide bonds. The van der Waals surface area contributed by atoms with E-state index in [-0.39, 0.29) is 11.8 Å². The third-order valence-electron chi connectivity index (χ3n) is 4.52. The highest BCUT2D eigenvalue weighted by molar-refractivity contribution is 5.78. The van der Waals surface area contributed by atoms with E-state index >= 15 is 0 Å². The molecule has 0 radical (unpaired) electrons. The summed E-state index contributed by atoms with van der Waals surface area (Å²) in [6.07, 6.45) is 2.69. The van der Waals surface area contributed by atoms with E-state index in [0.717, 1.165) is 50.5 Å². The van der Waals surface area contributed by atoms with E-state index in [4.69, 9.17) is 0 Å². The number of H-pyrrole nitrogens is 1. The van der Waals surface area contributed by atoms with Crippen LogP contribution in [-0.2, 0) is 17.8 Å². The molecule has 0 spiro atoms. The number of aryl methyl sites for hydroxylation is 1. The van der Waals surface area contributed by atoms with Crippen LogP contribution in [0.1, 0.15) is 30.1 Å². The van der Waals surface area contributed by atoms with Crippen LogP contribution in [-0.4, -0.2) is 45.6 Å². The van der Waals surface area contributed by atoms with Gasteiger partial charge in [-0.25, -0.2) is 4.98 Å². The largest absolute Gasteiger partial charge is 0.356 e. The molecule has 0 bridgehead atoms. The number of piperidine rings is 1. The third kappa shape index (κ3) is 4.64. The fraction of sp³-hybridized carbons (Fsp3) is 0.500. The minimum atomic E-state index is 0.130. The summed E-state index contributed by atoms with van der Waals surface area (Å²) >= 11 is 0. The molecule has 24 heavy (non-hydrogen) atoms. The highest BCUT2D eigenvalue weighted by Crippen LogP contribution is 2.18. The molecule has 6 nitrogen and oxygen atoms in total. The van der Waals surface area contributed by atoms with Gasteiger partial charge >= 0.3 is 0 Å². The van der Waals surface area contributed by atoms with Crippen LogP contribution in [0.15, 0.2) is 30.3 Å². The van der Waals surface area contributed by atoms with Gasteiger partial charge in [0.2, 0.25) is 5.91 Å². The highest BCUT2D eigenvalue weighted by Gasteiger charge is 2.25. The molecule has 1 aliphatic heterocycles. The molecule has 2 heterocycles. The Hall–Kier alpha value is -2.21. The fourth-order valence-corrected chi connectivity index (χ4v) is 3.13. The number of aromatic nitrogens is 3. The number of hydrogen-bond acceptors (Lipinski definition) is 4. The lowest BCUT2D eigenvalue weighted by atomic mass is 9.96. The average molecular weight is 327 g/mol. The molecule has 0 unspecified atom stereocenters. The van der Waals surface area contributed by atoms with Gasteiger partial charge in [0.05, 0.1) is 6.54 Å². The Labute approximate surface area is 142 Å². The zero-order valence-corrected chi connectivity index (χ0v) is 14.2. The molecule has 0 saturated carbocycles. The lowest BCUT2D eigenvalue weighted by Crippen LogP contribution is -2.40. The summed E-state index contributed by atoms with van der Waals surface area (Å²) in [6.45, 7) is 5.21. The molecule has 1 aromatic carbocycles. The molecule has 1 saturated heterocycles. The Kier molecular flexibility index (Phi) is 5.59. The number of rotatable bonds is 6. The van der Waals surface area contributed by atoms with Gasteiger partial charge in [-0.3, -0.25) is 14.8 Å². The molecule has 0 atom stereocenters. The zero-order chi connectivity index (χ0) is 16.8. The molecular formula is C18H25N5O. The molecule has 2 aromatic rings. The van der Waals surface area contributed by atoms with Gasteiger partial charge in [0.1, 0.15) is 5.82 Å². The van der Waals surface area contributed by atoms with Crippen molar-refractivity contribution < 1.29 is 4.79 Å². The second-order valence-electron chi connectivity index (χ2n) is 6.41. The number of likely N-dealkylation sites (tertiary alicyclic amines) is 1. The molecule has 6 heteroatoms. The quantitative estimate of drug-likeness (QED) is 0.847. The van der Waals surface area contributed by atoms with E-state index in [9.17, 15) is 4.79 Å². The SMILES string of the molecule is Cc1nc(CN2CCC(C(=O)NCCc3ccccc3)CC2)n[nH]1. The first-order valence-electron chi connectivity index (χ1n) is 8.62. The number of nitrogens with zero attached hydrogens (tertiary/aromatic N) is 3. The summed E-state index contributed by atoms with van der Waals surface area (Å²) in [4.78, 5) is 19.0. The Bertz CT molecular complexity index is 646. The number of hydrogen-bond donors (Lipinski definition) is 2. The van der Waals surface area contributed by atoms with Gasteiger partial charge in [0.15, 0.2) is 5.82 Å². The van der Waals surface area contributed by atoms with Crippen molar-refractivity contribution in [1.29, 1.82) is 0 Å². The van der Waals surface area contributed by atoms with Gasteiger partial charge in [-0.2, -0.15) is 5.10 Å². The van der Waals surface area contributed by atoms with E-state index in [1.165, 1.54) is 5.56 Å². The van der Waals surface area contributed by atoms with Crippen molar-refractivity contribution in [3.05, 3.63) is 47.5 Å². The maximum absolute atomic E-state index is 12.3.